The summed E-state index contributed by atoms with van der Waals surface area (Å²) in [6, 6.07) is 7.05. The van der Waals surface area contributed by atoms with Crippen molar-refractivity contribution in [3.05, 3.63) is 59.2 Å². The van der Waals surface area contributed by atoms with Crippen LogP contribution in [-0.4, -0.2) is 38.2 Å². The second-order valence-electron chi connectivity index (χ2n) is 6.33. The van der Waals surface area contributed by atoms with Crippen LogP contribution in [0.25, 0.3) is 5.57 Å². The van der Waals surface area contributed by atoms with Crippen LogP contribution < -0.4 is 53.0 Å². The quantitative estimate of drug-likeness (QED) is 0.465. The van der Waals surface area contributed by atoms with Gasteiger partial charge in [-0.1, -0.05) is 24.3 Å². The van der Waals surface area contributed by atoms with Gasteiger partial charge in [0.1, 0.15) is 0 Å². The molecule has 0 aromatic heterocycles. The Balaban J connectivity index is 0.00000256. The molecule has 0 fully saturated rings. The smallest absolute Gasteiger partial charge is 1.00 e. The summed E-state index contributed by atoms with van der Waals surface area (Å²) in [6.07, 6.45) is 6.04. The van der Waals surface area contributed by atoms with Crippen LogP contribution in [0.15, 0.2) is 42.5 Å². The Bertz CT molecular complexity index is 1040. The van der Waals surface area contributed by atoms with Gasteiger partial charge in [-0.3, -0.25) is 9.79 Å². The first-order chi connectivity index (χ1) is 14.3. The fourth-order valence-corrected chi connectivity index (χ4v) is 3.81. The van der Waals surface area contributed by atoms with Crippen molar-refractivity contribution in [1.82, 2.24) is 0 Å². The zero-order valence-corrected chi connectivity index (χ0v) is 20.9. The van der Waals surface area contributed by atoms with Crippen molar-refractivity contribution in [1.29, 1.82) is 0 Å². The second kappa shape index (κ2) is 10.6. The third kappa shape index (κ3) is 5.47. The summed E-state index contributed by atoms with van der Waals surface area (Å²) in [6.45, 7) is 0. The van der Waals surface area contributed by atoms with Gasteiger partial charge in [-0.05, 0) is 41.3 Å². The molecule has 0 saturated carbocycles. The van der Waals surface area contributed by atoms with Gasteiger partial charge in [0, 0.05) is 5.56 Å². The summed E-state index contributed by atoms with van der Waals surface area (Å²) in [7, 11) is 1.22. The normalized spacial score (nSPS) is 12.6. The van der Waals surface area contributed by atoms with E-state index in [-0.39, 0.29) is 42.5 Å². The van der Waals surface area contributed by atoms with E-state index in [1.807, 2.05) is 36.4 Å². The summed E-state index contributed by atoms with van der Waals surface area (Å²) < 4.78 is 38.1. The van der Waals surface area contributed by atoms with Gasteiger partial charge in [0.05, 0.1) is 28.4 Å². The van der Waals surface area contributed by atoms with Crippen LogP contribution in [0.1, 0.15) is 18.1 Å². The van der Waals surface area contributed by atoms with Gasteiger partial charge in [0.2, 0.25) is 5.75 Å². The van der Waals surface area contributed by atoms with Crippen LogP contribution in [0, 0.1) is 0 Å². The van der Waals surface area contributed by atoms with E-state index in [0.717, 1.165) is 16.7 Å². The Morgan fingerprint density at radius 2 is 1.52 bits per heavy atom. The topological polar surface area (TPSA) is 104 Å². The van der Waals surface area contributed by atoms with E-state index < -0.39 is 7.82 Å². The van der Waals surface area contributed by atoms with Gasteiger partial charge >= 0.3 is 37.4 Å². The largest absolute Gasteiger partial charge is 1.00 e. The minimum absolute atomic E-state index is 0. The van der Waals surface area contributed by atoms with E-state index in [9.17, 15) is 14.4 Å². The summed E-state index contributed by atoms with van der Waals surface area (Å²) in [4.78, 5) is 18.8. The summed E-state index contributed by atoms with van der Waals surface area (Å²) in [5.41, 5.74) is 2.88. The molecule has 2 aromatic rings. The third-order valence-electron chi connectivity index (χ3n) is 4.64. The van der Waals surface area contributed by atoms with Gasteiger partial charge < -0.3 is 24.9 Å². The van der Waals surface area contributed by atoms with Gasteiger partial charge in [0.25, 0.3) is 0 Å². The molecule has 0 radical (unpaired) electrons. The van der Waals surface area contributed by atoms with Crippen molar-refractivity contribution in [2.45, 2.75) is 6.42 Å². The number of phosphoric ester groups is 1. The molecule has 2 aromatic carbocycles. The van der Waals surface area contributed by atoms with Crippen molar-refractivity contribution in [2.24, 2.45) is 0 Å². The van der Waals surface area contributed by atoms with Crippen LogP contribution in [0.3, 0.4) is 0 Å². The van der Waals surface area contributed by atoms with E-state index in [1.165, 1.54) is 28.4 Å². The standard InChI is InChI=1S/C21H23O8P.Na.H/c1-25-17-10-9-15-14(7-5-6-8-16(15)20(17)29-30(22,23)24)13-11-18(26-2)21(28-4)19(12-13)27-3;;/h5-7,9-12H,8H2,1-4H3,(H2,22,23,24);;/q;+1;-1. The molecule has 162 valence electrons. The number of rotatable bonds is 7. The van der Waals surface area contributed by atoms with Crippen molar-refractivity contribution in [2.75, 3.05) is 28.4 Å². The molecule has 1 aliphatic carbocycles. The number of benzene rings is 2. The average Bonchev–Trinajstić information content (AvgIpc) is 2.94. The molecule has 0 atom stereocenters. The van der Waals surface area contributed by atoms with Gasteiger partial charge in [-0.15, -0.1) is 0 Å². The number of phosphoric acid groups is 1. The van der Waals surface area contributed by atoms with E-state index in [0.29, 0.717) is 29.2 Å². The molecule has 0 unspecified atom stereocenters. The van der Waals surface area contributed by atoms with E-state index in [1.54, 1.807) is 6.07 Å². The predicted molar refractivity (Wildman–Crippen MR) is 113 cm³/mol. The number of methoxy groups -OCH3 is 4. The number of fused-ring (bicyclic) bond motifs is 1. The minimum atomic E-state index is -4.80. The molecule has 0 bridgehead atoms. The molecule has 0 heterocycles. The first kappa shape index (κ1) is 25.3. The molecule has 10 heteroatoms. The number of ether oxygens (including phenoxy) is 4. The van der Waals surface area contributed by atoms with Crippen molar-refractivity contribution in [3.63, 3.8) is 0 Å². The van der Waals surface area contributed by atoms with Gasteiger partial charge in [0.15, 0.2) is 23.0 Å². The average molecular weight is 458 g/mol. The predicted octanol–water partition coefficient (Wildman–Crippen LogP) is 0.853. The molecule has 1 aliphatic rings. The molecule has 0 amide bonds. The number of hydrogen-bond donors (Lipinski definition) is 2. The SMILES string of the molecule is COc1cc(C2=CC=CCc3c2ccc(OC)c3OP(=O)(O)O)cc(OC)c1OC.[H-].[Na+]. The molecule has 0 spiro atoms. The van der Waals surface area contributed by atoms with Crippen molar-refractivity contribution < 1.29 is 68.8 Å². The number of allylic oxidation sites excluding steroid dienone is 3. The summed E-state index contributed by atoms with van der Waals surface area (Å²) >= 11 is 0. The van der Waals surface area contributed by atoms with Gasteiger partial charge in [-0.25, -0.2) is 4.57 Å². The van der Waals surface area contributed by atoms with Crippen LogP contribution in [0.5, 0.6) is 28.7 Å². The second-order valence-corrected chi connectivity index (χ2v) is 7.50. The maximum Gasteiger partial charge on any atom is 1.00 e. The van der Waals surface area contributed by atoms with Crippen LogP contribution in [0.4, 0.5) is 0 Å². The molecule has 2 N–H and O–H groups in total. The molecular formula is C21H24NaO8P. The van der Waals surface area contributed by atoms with Gasteiger partial charge in [-0.2, -0.15) is 0 Å². The molecule has 3 rings (SSSR count). The zero-order chi connectivity index (χ0) is 21.9. The van der Waals surface area contributed by atoms with E-state index >= 15 is 0 Å². The molecular weight excluding hydrogens is 434 g/mol. The summed E-state index contributed by atoms with van der Waals surface area (Å²) in [5, 5.41) is 0. The Kier molecular flexibility index (Phi) is 8.65. The summed E-state index contributed by atoms with van der Waals surface area (Å²) in [5.74, 6) is 1.68. The minimum Gasteiger partial charge on any atom is -1.00 e. The van der Waals surface area contributed by atoms with Crippen LogP contribution in [-0.2, 0) is 11.0 Å². The first-order valence-corrected chi connectivity index (χ1v) is 10.5. The third-order valence-corrected chi connectivity index (χ3v) is 5.06. The fourth-order valence-electron chi connectivity index (χ4n) is 3.37. The first-order valence-electron chi connectivity index (χ1n) is 8.95. The van der Waals surface area contributed by atoms with Crippen LogP contribution >= 0.6 is 7.82 Å². The Morgan fingerprint density at radius 3 is 2.03 bits per heavy atom. The molecule has 31 heavy (non-hydrogen) atoms. The van der Waals surface area contributed by atoms with E-state index in [2.05, 4.69) is 0 Å². The zero-order valence-electron chi connectivity index (χ0n) is 19.0. The fraction of sp³-hybridized carbons (Fsp3) is 0.238. The monoisotopic (exact) mass is 458 g/mol. The number of hydrogen-bond acceptors (Lipinski definition) is 6. The Labute approximate surface area is 204 Å². The molecule has 8 nitrogen and oxygen atoms in total. The van der Waals surface area contributed by atoms with Crippen LogP contribution in [0.2, 0.25) is 0 Å². The molecule has 0 aliphatic heterocycles. The molecule has 0 saturated heterocycles. The van der Waals surface area contributed by atoms with Crippen molar-refractivity contribution in [3.8, 4) is 28.7 Å². The maximum atomic E-state index is 11.6. The van der Waals surface area contributed by atoms with E-state index in [4.69, 9.17) is 23.5 Å². The Morgan fingerprint density at radius 1 is 0.903 bits per heavy atom. The Hall–Kier alpha value is -1.93. The van der Waals surface area contributed by atoms with Crippen molar-refractivity contribution >= 4 is 13.4 Å². The maximum absolute atomic E-state index is 11.6.